The first kappa shape index (κ1) is 15.9. The zero-order chi connectivity index (χ0) is 14.3. The second-order valence-corrected chi connectivity index (χ2v) is 4.92. The number of nitrogens with zero attached hydrogens (tertiary/aromatic N) is 3. The average Bonchev–Trinajstić information content (AvgIpc) is 2.35. The zero-order valence-electron chi connectivity index (χ0n) is 11.8. The number of ether oxygens (including phenoxy) is 3. The van der Waals surface area contributed by atoms with Crippen LogP contribution in [0.4, 0.5) is 0 Å². The Balaban J connectivity index is 2.55. The van der Waals surface area contributed by atoms with Gasteiger partial charge in [0.25, 0.3) is 0 Å². The summed E-state index contributed by atoms with van der Waals surface area (Å²) in [7, 11) is 1.66. The molecule has 1 aromatic heterocycles. The summed E-state index contributed by atoms with van der Waals surface area (Å²) < 4.78 is 16.0. The van der Waals surface area contributed by atoms with Crippen LogP contribution in [0.3, 0.4) is 0 Å². The highest BCUT2D eigenvalue weighted by Gasteiger charge is 2.16. The molecule has 0 spiro atoms. The molecular weight excluding hydrogens is 270 g/mol. The van der Waals surface area contributed by atoms with E-state index in [2.05, 4.69) is 15.0 Å². The molecule has 108 valence electrons. The van der Waals surface area contributed by atoms with Crippen molar-refractivity contribution in [2.45, 2.75) is 39.2 Å². The normalized spacial score (nSPS) is 11.4. The second-order valence-electron chi connectivity index (χ2n) is 4.58. The molecule has 1 heterocycles. The first-order valence-electron chi connectivity index (χ1n) is 6.19. The van der Waals surface area contributed by atoms with E-state index < -0.39 is 0 Å². The molecule has 0 aliphatic heterocycles. The van der Waals surface area contributed by atoms with Crippen molar-refractivity contribution in [3.8, 4) is 12.0 Å². The number of aromatic nitrogens is 3. The van der Waals surface area contributed by atoms with Gasteiger partial charge in [0, 0.05) is 13.5 Å². The van der Waals surface area contributed by atoms with E-state index in [9.17, 15) is 0 Å². The number of halogens is 1. The fraction of sp³-hybridized carbons (Fsp3) is 0.750. The Morgan fingerprint density at radius 2 is 1.63 bits per heavy atom. The number of methoxy groups -OCH3 is 1. The van der Waals surface area contributed by atoms with Crippen molar-refractivity contribution in [3.05, 3.63) is 5.28 Å². The van der Waals surface area contributed by atoms with Crippen molar-refractivity contribution >= 4 is 11.6 Å². The van der Waals surface area contributed by atoms with Gasteiger partial charge in [0.15, 0.2) is 0 Å². The highest BCUT2D eigenvalue weighted by Crippen LogP contribution is 2.16. The maximum absolute atomic E-state index is 5.78. The number of rotatable bonds is 8. The predicted octanol–water partition coefficient (Wildman–Crippen LogP) is 2.51. The van der Waals surface area contributed by atoms with E-state index >= 15 is 0 Å². The third kappa shape index (κ3) is 6.02. The minimum absolute atomic E-state index is 0.0575. The number of hydrogen-bond donors (Lipinski definition) is 0. The molecule has 0 aromatic carbocycles. The molecule has 0 bridgehead atoms. The van der Waals surface area contributed by atoms with E-state index in [0.717, 1.165) is 6.42 Å². The Kier molecular flexibility index (Phi) is 6.24. The molecule has 1 aromatic rings. The van der Waals surface area contributed by atoms with Gasteiger partial charge in [0.2, 0.25) is 5.28 Å². The van der Waals surface area contributed by atoms with Crippen LogP contribution in [-0.4, -0.2) is 40.9 Å². The smallest absolute Gasteiger partial charge is 0.323 e. The maximum atomic E-state index is 5.78. The quantitative estimate of drug-likeness (QED) is 0.732. The molecule has 19 heavy (non-hydrogen) atoms. The Labute approximate surface area is 118 Å². The fourth-order valence-electron chi connectivity index (χ4n) is 1.13. The molecular formula is C12H20ClN3O3. The average molecular weight is 290 g/mol. The van der Waals surface area contributed by atoms with Gasteiger partial charge in [-0.3, -0.25) is 0 Å². The van der Waals surface area contributed by atoms with Crippen molar-refractivity contribution in [2.24, 2.45) is 0 Å². The molecule has 0 fully saturated rings. The van der Waals surface area contributed by atoms with Crippen LogP contribution in [0.25, 0.3) is 0 Å². The minimum Gasteiger partial charge on any atom is -0.463 e. The summed E-state index contributed by atoms with van der Waals surface area (Å²) in [5.41, 5.74) is -0.252. The summed E-state index contributed by atoms with van der Waals surface area (Å²) in [6.45, 7) is 6.90. The van der Waals surface area contributed by atoms with Gasteiger partial charge >= 0.3 is 12.0 Å². The molecule has 0 amide bonds. The first-order chi connectivity index (χ1) is 8.96. The van der Waals surface area contributed by atoms with Gasteiger partial charge in [-0.1, -0.05) is 6.92 Å². The Bertz CT molecular complexity index is 402. The Morgan fingerprint density at radius 1 is 1.05 bits per heavy atom. The highest BCUT2D eigenvalue weighted by atomic mass is 35.5. The summed E-state index contributed by atoms with van der Waals surface area (Å²) >= 11 is 5.78. The summed E-state index contributed by atoms with van der Waals surface area (Å²) in [5, 5.41) is 0.0575. The van der Waals surface area contributed by atoms with Crippen LogP contribution >= 0.6 is 11.6 Å². The lowest BCUT2D eigenvalue weighted by atomic mass is 10.1. The van der Waals surface area contributed by atoms with Gasteiger partial charge in [-0.25, -0.2) is 0 Å². The molecule has 7 heteroatoms. The molecule has 6 nitrogen and oxygen atoms in total. The topological polar surface area (TPSA) is 66.4 Å². The molecule has 0 atom stereocenters. The van der Waals surface area contributed by atoms with Crippen molar-refractivity contribution in [1.82, 2.24) is 15.0 Å². The van der Waals surface area contributed by atoms with Crippen molar-refractivity contribution in [2.75, 3.05) is 20.3 Å². The van der Waals surface area contributed by atoms with Gasteiger partial charge in [-0.15, -0.1) is 4.98 Å². The van der Waals surface area contributed by atoms with Crippen molar-refractivity contribution in [1.29, 1.82) is 0 Å². The monoisotopic (exact) mass is 289 g/mol. The summed E-state index contributed by atoms with van der Waals surface area (Å²) in [6.07, 6.45) is 1.57. The van der Waals surface area contributed by atoms with Gasteiger partial charge in [-0.2, -0.15) is 9.97 Å². The van der Waals surface area contributed by atoms with Crippen LogP contribution < -0.4 is 9.47 Å². The third-order valence-electron chi connectivity index (χ3n) is 2.49. The van der Waals surface area contributed by atoms with E-state index in [4.69, 9.17) is 25.8 Å². The van der Waals surface area contributed by atoms with Crippen LogP contribution in [0, 0.1) is 0 Å². The van der Waals surface area contributed by atoms with Gasteiger partial charge in [0.05, 0.1) is 18.8 Å². The van der Waals surface area contributed by atoms with Gasteiger partial charge < -0.3 is 14.2 Å². The van der Waals surface area contributed by atoms with E-state index in [1.54, 1.807) is 7.11 Å². The van der Waals surface area contributed by atoms with Crippen LogP contribution in [-0.2, 0) is 4.74 Å². The summed E-state index contributed by atoms with van der Waals surface area (Å²) in [6, 6.07) is 0.348. The third-order valence-corrected chi connectivity index (χ3v) is 2.66. The second kappa shape index (κ2) is 7.45. The lowest BCUT2D eigenvalue weighted by molar-refractivity contribution is 0.00459. The molecule has 1 rings (SSSR count). The fourth-order valence-corrected chi connectivity index (χ4v) is 1.27. The number of hydrogen-bond acceptors (Lipinski definition) is 6. The van der Waals surface area contributed by atoms with Crippen molar-refractivity contribution in [3.63, 3.8) is 0 Å². The molecule has 0 saturated carbocycles. The van der Waals surface area contributed by atoms with E-state index in [1.807, 2.05) is 20.8 Å². The van der Waals surface area contributed by atoms with E-state index in [1.165, 1.54) is 0 Å². The molecule has 0 radical (unpaired) electrons. The minimum atomic E-state index is -0.252. The largest absolute Gasteiger partial charge is 0.463 e. The standard InChI is InChI=1S/C12H20ClN3O3/c1-5-7-18-10-14-9(13)15-11(16-10)19-8-6-12(2,3)17-4/h5-8H2,1-4H3. The van der Waals surface area contributed by atoms with E-state index in [-0.39, 0.29) is 22.9 Å². The first-order valence-corrected chi connectivity index (χ1v) is 6.57. The Morgan fingerprint density at radius 3 is 2.16 bits per heavy atom. The summed E-state index contributed by atoms with van der Waals surface area (Å²) in [5.74, 6) is 0. The molecule has 0 aliphatic carbocycles. The zero-order valence-corrected chi connectivity index (χ0v) is 12.5. The van der Waals surface area contributed by atoms with Crippen LogP contribution in [0.5, 0.6) is 12.0 Å². The summed E-state index contributed by atoms with van der Waals surface area (Å²) in [4.78, 5) is 11.8. The van der Waals surface area contributed by atoms with Crippen LogP contribution in [0.15, 0.2) is 0 Å². The molecule has 0 unspecified atom stereocenters. The van der Waals surface area contributed by atoms with Gasteiger partial charge in [-0.05, 0) is 31.9 Å². The predicted molar refractivity (Wildman–Crippen MR) is 71.8 cm³/mol. The Hall–Kier alpha value is -1.14. The van der Waals surface area contributed by atoms with E-state index in [0.29, 0.717) is 19.6 Å². The highest BCUT2D eigenvalue weighted by molar-refractivity contribution is 6.28. The van der Waals surface area contributed by atoms with Crippen LogP contribution in [0.1, 0.15) is 33.6 Å². The van der Waals surface area contributed by atoms with Gasteiger partial charge in [0.1, 0.15) is 0 Å². The lowest BCUT2D eigenvalue weighted by Gasteiger charge is -2.22. The SMILES string of the molecule is CCCOc1nc(Cl)nc(OCCC(C)(C)OC)n1. The molecule has 0 saturated heterocycles. The van der Waals surface area contributed by atoms with Crippen molar-refractivity contribution < 1.29 is 14.2 Å². The lowest BCUT2D eigenvalue weighted by Crippen LogP contribution is -2.25. The maximum Gasteiger partial charge on any atom is 0.323 e. The molecule has 0 N–H and O–H groups in total. The van der Waals surface area contributed by atoms with Crippen LogP contribution in [0.2, 0.25) is 5.28 Å². The molecule has 0 aliphatic rings.